The predicted octanol–water partition coefficient (Wildman–Crippen LogP) is 15.8. The van der Waals surface area contributed by atoms with Crippen molar-refractivity contribution in [3.63, 3.8) is 0 Å². The number of amides is 1. The Labute approximate surface area is 475 Å². The highest BCUT2D eigenvalue weighted by atomic mass is 16.7. The van der Waals surface area contributed by atoms with E-state index in [1.54, 1.807) is 6.08 Å². The van der Waals surface area contributed by atoms with E-state index in [-0.39, 0.29) is 12.5 Å². The molecule has 0 aromatic rings. The van der Waals surface area contributed by atoms with Gasteiger partial charge in [-0.1, -0.05) is 235 Å². The first-order chi connectivity index (χ1) is 38.3. The Hall–Kier alpha value is -4.45. The van der Waals surface area contributed by atoms with Crippen LogP contribution in [0.1, 0.15) is 200 Å². The summed E-state index contributed by atoms with van der Waals surface area (Å²) in [4.78, 5) is 13.0. The number of aliphatic hydroxyl groups is 5. The van der Waals surface area contributed by atoms with Gasteiger partial charge in [0.1, 0.15) is 24.4 Å². The normalized spacial score (nSPS) is 19.9. The first-order valence-electron chi connectivity index (χ1n) is 30.4. The topological polar surface area (TPSA) is 149 Å². The summed E-state index contributed by atoms with van der Waals surface area (Å²) in [6.45, 7) is 3.60. The summed E-state index contributed by atoms with van der Waals surface area (Å²) in [6.07, 6.45) is 82.8. The van der Waals surface area contributed by atoms with Crippen molar-refractivity contribution in [2.24, 2.45) is 0 Å². The van der Waals surface area contributed by atoms with Crippen LogP contribution in [0, 0.1) is 0 Å². The molecule has 9 nitrogen and oxygen atoms in total. The molecular weight excluding hydrogens is 971 g/mol. The maximum atomic E-state index is 13.0. The fourth-order valence-corrected chi connectivity index (χ4v) is 8.25. The number of hydrogen-bond donors (Lipinski definition) is 6. The summed E-state index contributed by atoms with van der Waals surface area (Å²) in [5, 5.41) is 54.4. The van der Waals surface area contributed by atoms with Crippen molar-refractivity contribution in [3.8, 4) is 0 Å². The zero-order valence-corrected chi connectivity index (χ0v) is 48.6. The van der Waals surface area contributed by atoms with E-state index in [1.807, 2.05) is 6.08 Å². The van der Waals surface area contributed by atoms with Crippen LogP contribution in [0.15, 0.2) is 170 Å². The van der Waals surface area contributed by atoms with Gasteiger partial charge in [-0.05, 0) is 128 Å². The van der Waals surface area contributed by atoms with Crippen molar-refractivity contribution in [2.75, 3.05) is 13.2 Å². The van der Waals surface area contributed by atoms with E-state index in [0.29, 0.717) is 19.3 Å². The van der Waals surface area contributed by atoms with Crippen molar-refractivity contribution < 1.29 is 39.8 Å². The van der Waals surface area contributed by atoms with Gasteiger partial charge >= 0.3 is 0 Å². The maximum absolute atomic E-state index is 13.0. The molecule has 1 aliphatic rings. The molecule has 1 saturated heterocycles. The fraction of sp³-hybridized carbons (Fsp3) is 0.580. The van der Waals surface area contributed by atoms with Gasteiger partial charge in [0, 0.05) is 6.42 Å². The van der Waals surface area contributed by atoms with E-state index >= 15 is 0 Å². The highest BCUT2D eigenvalue weighted by Crippen LogP contribution is 2.22. The quantitative estimate of drug-likeness (QED) is 0.0261. The highest BCUT2D eigenvalue weighted by Gasteiger charge is 2.44. The minimum atomic E-state index is -1.59. The number of ether oxygens (including phenoxy) is 2. The Kier molecular flexibility index (Phi) is 51.2. The van der Waals surface area contributed by atoms with Crippen molar-refractivity contribution in [3.05, 3.63) is 170 Å². The molecule has 1 heterocycles. The molecule has 0 aromatic carbocycles. The van der Waals surface area contributed by atoms with Gasteiger partial charge in [-0.15, -0.1) is 0 Å². The second-order valence-electron chi connectivity index (χ2n) is 20.0. The lowest BCUT2D eigenvalue weighted by Crippen LogP contribution is -2.60. The smallest absolute Gasteiger partial charge is 0.220 e. The van der Waals surface area contributed by atoms with Crippen LogP contribution in [0.5, 0.6) is 0 Å². The van der Waals surface area contributed by atoms with Gasteiger partial charge < -0.3 is 40.3 Å². The van der Waals surface area contributed by atoms with Gasteiger partial charge in [-0.3, -0.25) is 4.79 Å². The molecule has 6 N–H and O–H groups in total. The molecule has 0 saturated carbocycles. The minimum absolute atomic E-state index is 0.218. The maximum Gasteiger partial charge on any atom is 0.220 e. The van der Waals surface area contributed by atoms with Crippen molar-refractivity contribution in [1.29, 1.82) is 0 Å². The largest absolute Gasteiger partial charge is 0.394 e. The van der Waals surface area contributed by atoms with Crippen LogP contribution < -0.4 is 5.32 Å². The van der Waals surface area contributed by atoms with E-state index in [9.17, 15) is 30.3 Å². The zero-order valence-electron chi connectivity index (χ0n) is 48.6. The van der Waals surface area contributed by atoms with Gasteiger partial charge in [0.25, 0.3) is 0 Å². The number of nitrogens with one attached hydrogen (secondary N) is 1. The lowest BCUT2D eigenvalue weighted by atomic mass is 9.99. The van der Waals surface area contributed by atoms with Gasteiger partial charge in [0.05, 0.1) is 25.4 Å². The Balaban J connectivity index is 2.23. The lowest BCUT2D eigenvalue weighted by molar-refractivity contribution is -0.302. The number of carbonyl (C=O) groups is 1. The number of unbranched alkanes of at least 4 members (excludes halogenated alkanes) is 13. The molecule has 1 aliphatic heterocycles. The summed E-state index contributed by atoms with van der Waals surface area (Å²) >= 11 is 0. The van der Waals surface area contributed by atoms with Crippen LogP contribution in [-0.4, -0.2) is 87.5 Å². The molecule has 1 amide bonds. The summed E-state index contributed by atoms with van der Waals surface area (Å²) in [5.74, 6) is -0.218. The summed E-state index contributed by atoms with van der Waals surface area (Å²) < 4.78 is 11.2. The Morgan fingerprint density at radius 2 is 0.808 bits per heavy atom. The average Bonchev–Trinajstić information content (AvgIpc) is 3.45. The first-order valence-corrected chi connectivity index (χ1v) is 30.4. The molecule has 1 fully saturated rings. The summed E-state index contributed by atoms with van der Waals surface area (Å²) in [6, 6.07) is -0.852. The van der Waals surface area contributed by atoms with Gasteiger partial charge in [0.15, 0.2) is 6.29 Å². The number of carbonyl (C=O) groups excluding carboxylic acids is 1. The second-order valence-corrected chi connectivity index (χ2v) is 20.0. The number of aliphatic hydroxyl groups excluding tert-OH is 5. The van der Waals surface area contributed by atoms with E-state index in [2.05, 4.69) is 177 Å². The predicted molar refractivity (Wildman–Crippen MR) is 331 cm³/mol. The van der Waals surface area contributed by atoms with Crippen molar-refractivity contribution >= 4 is 5.91 Å². The third-order valence-corrected chi connectivity index (χ3v) is 13.0. The van der Waals surface area contributed by atoms with Crippen LogP contribution in [0.2, 0.25) is 0 Å². The molecule has 0 bridgehead atoms. The van der Waals surface area contributed by atoms with E-state index in [1.165, 1.54) is 38.5 Å². The zero-order chi connectivity index (χ0) is 56.5. The van der Waals surface area contributed by atoms with Gasteiger partial charge in [-0.25, -0.2) is 0 Å². The Bertz CT molecular complexity index is 1830. The minimum Gasteiger partial charge on any atom is -0.394 e. The molecular formula is C69H109NO8. The number of hydrogen-bond acceptors (Lipinski definition) is 8. The monoisotopic (exact) mass is 1080 g/mol. The molecule has 78 heavy (non-hydrogen) atoms. The van der Waals surface area contributed by atoms with Crippen molar-refractivity contribution in [2.45, 2.75) is 243 Å². The Morgan fingerprint density at radius 1 is 0.449 bits per heavy atom. The molecule has 0 radical (unpaired) electrons. The van der Waals surface area contributed by atoms with Crippen LogP contribution >= 0.6 is 0 Å². The highest BCUT2D eigenvalue weighted by molar-refractivity contribution is 5.76. The van der Waals surface area contributed by atoms with Gasteiger partial charge in [0.2, 0.25) is 5.91 Å². The molecule has 7 atom stereocenters. The summed E-state index contributed by atoms with van der Waals surface area (Å²) in [7, 11) is 0. The number of rotatable bonds is 49. The second kappa shape index (κ2) is 55.8. The lowest BCUT2D eigenvalue weighted by Gasteiger charge is -2.40. The van der Waals surface area contributed by atoms with E-state index in [4.69, 9.17) is 9.47 Å². The summed E-state index contributed by atoms with van der Waals surface area (Å²) in [5.41, 5.74) is 0. The molecule has 438 valence electrons. The van der Waals surface area contributed by atoms with E-state index in [0.717, 1.165) is 128 Å². The first kappa shape index (κ1) is 71.6. The fourth-order valence-electron chi connectivity index (χ4n) is 8.25. The third kappa shape index (κ3) is 44.4. The third-order valence-electron chi connectivity index (χ3n) is 13.0. The molecule has 0 spiro atoms. The standard InChI is InChI=1S/C69H109NO8/c1-3-5-7-9-11-13-15-17-19-21-22-23-24-25-26-27-28-29-30-31-32-33-34-35-36-37-38-39-40-41-42-43-45-47-49-51-53-55-57-59-65(73)70-62(61-77-69-68(76)67(75)66(74)64(60-71)78-69)63(72)58-56-54-52-50-48-46-44-20-18-16-14-12-10-8-6-4-2/h5,7,11,13,17-20,22-23,25-26,28-29,31-32,34-35,37-38,40-41,43,45,48,50,56,58,62-64,66-69,71-72,74-76H,3-4,6,8-10,12,14-16,21,24,27,30,33,36,39,42,44,46-47,49,51-55,57,59-61H2,1-2H3,(H,70,73)/b7-5-,13-11-,19-17-,20-18+,23-22-,26-25-,29-28-,32-31-,35-34-,38-37-,41-40-,45-43-,50-48+,58-56+. The number of allylic oxidation sites excluding steroid dienone is 27. The Morgan fingerprint density at radius 3 is 1.23 bits per heavy atom. The molecule has 0 aromatic heterocycles. The van der Waals surface area contributed by atoms with Gasteiger partial charge in [-0.2, -0.15) is 0 Å². The molecule has 1 rings (SSSR count). The molecule has 9 heteroatoms. The van der Waals surface area contributed by atoms with E-state index < -0.39 is 49.5 Å². The van der Waals surface area contributed by atoms with Crippen LogP contribution in [-0.2, 0) is 14.3 Å². The molecule has 7 unspecified atom stereocenters. The van der Waals surface area contributed by atoms with Crippen LogP contribution in [0.4, 0.5) is 0 Å². The SMILES string of the molecule is CC/C=C\C/C=C\C/C=C\C/C=C\C/C=C\C/C=C\C/C=C\C/C=C\C/C=C\C/C=C\C/C=C\CCCCCCCC(=O)NC(COC1OC(CO)C(O)C(O)C1O)C(O)/C=C/CC/C=C/CC/C=C/CCCCCCCC. The molecule has 0 aliphatic carbocycles. The average molecular weight is 1080 g/mol. The van der Waals surface area contributed by atoms with Crippen LogP contribution in [0.25, 0.3) is 0 Å². The van der Waals surface area contributed by atoms with Crippen molar-refractivity contribution in [1.82, 2.24) is 5.32 Å². The van der Waals surface area contributed by atoms with Crippen LogP contribution in [0.3, 0.4) is 0 Å².